The SMILES string of the molecule is COc1cccc(CN2CCCC(C)(O)CC2)c1F. The molecular formula is C15H22FNO2. The molecule has 1 fully saturated rings. The van der Waals surface area contributed by atoms with E-state index in [1.54, 1.807) is 12.1 Å². The fourth-order valence-electron chi connectivity index (χ4n) is 2.55. The van der Waals surface area contributed by atoms with E-state index in [4.69, 9.17) is 4.74 Å². The molecule has 1 aromatic carbocycles. The molecule has 1 saturated heterocycles. The van der Waals surface area contributed by atoms with E-state index in [0.717, 1.165) is 32.4 Å². The van der Waals surface area contributed by atoms with E-state index in [2.05, 4.69) is 4.90 Å². The minimum absolute atomic E-state index is 0.277. The first-order chi connectivity index (χ1) is 9.02. The summed E-state index contributed by atoms with van der Waals surface area (Å²) in [5, 5.41) is 10.1. The molecule has 0 radical (unpaired) electrons. The highest BCUT2D eigenvalue weighted by atomic mass is 19.1. The summed E-state index contributed by atoms with van der Waals surface area (Å²) in [6.07, 6.45) is 2.49. The van der Waals surface area contributed by atoms with Crippen LogP contribution >= 0.6 is 0 Å². The molecule has 4 heteroatoms. The lowest BCUT2D eigenvalue weighted by atomic mass is 9.98. The second-order valence-corrected chi connectivity index (χ2v) is 5.56. The normalized spacial score (nSPS) is 25.1. The van der Waals surface area contributed by atoms with Crippen molar-refractivity contribution in [2.75, 3.05) is 20.2 Å². The Morgan fingerprint density at radius 2 is 2.16 bits per heavy atom. The van der Waals surface area contributed by atoms with Crippen molar-refractivity contribution in [1.29, 1.82) is 0 Å². The highest BCUT2D eigenvalue weighted by Gasteiger charge is 2.25. The van der Waals surface area contributed by atoms with Crippen LogP contribution in [0.2, 0.25) is 0 Å². The quantitative estimate of drug-likeness (QED) is 0.913. The van der Waals surface area contributed by atoms with E-state index in [-0.39, 0.29) is 5.82 Å². The molecule has 0 bridgehead atoms. The average molecular weight is 267 g/mol. The third-order valence-electron chi connectivity index (χ3n) is 3.81. The molecule has 0 aromatic heterocycles. The number of halogens is 1. The smallest absolute Gasteiger partial charge is 0.169 e. The van der Waals surface area contributed by atoms with Crippen molar-refractivity contribution in [3.63, 3.8) is 0 Å². The lowest BCUT2D eigenvalue weighted by molar-refractivity contribution is 0.0444. The molecule has 0 saturated carbocycles. The summed E-state index contributed by atoms with van der Waals surface area (Å²) in [6, 6.07) is 5.23. The maximum Gasteiger partial charge on any atom is 0.169 e. The van der Waals surface area contributed by atoms with Crippen LogP contribution in [-0.4, -0.2) is 35.8 Å². The lowest BCUT2D eigenvalue weighted by Gasteiger charge is -2.22. The van der Waals surface area contributed by atoms with Crippen molar-refractivity contribution >= 4 is 0 Å². The van der Waals surface area contributed by atoms with Crippen LogP contribution in [0, 0.1) is 5.82 Å². The summed E-state index contributed by atoms with van der Waals surface area (Å²) in [5.74, 6) is 0.0142. The highest BCUT2D eigenvalue weighted by Crippen LogP contribution is 2.25. The van der Waals surface area contributed by atoms with Gasteiger partial charge in [0.25, 0.3) is 0 Å². The minimum atomic E-state index is -0.582. The molecule has 1 unspecified atom stereocenters. The molecule has 1 aromatic rings. The van der Waals surface area contributed by atoms with Crippen LogP contribution in [-0.2, 0) is 6.54 Å². The van der Waals surface area contributed by atoms with Crippen molar-refractivity contribution in [2.45, 2.75) is 38.3 Å². The molecule has 1 heterocycles. The second kappa shape index (κ2) is 5.88. The predicted octanol–water partition coefficient (Wildman–Crippen LogP) is 2.57. The van der Waals surface area contributed by atoms with Crippen LogP contribution in [0.1, 0.15) is 31.7 Å². The Hall–Kier alpha value is -1.13. The fourth-order valence-corrected chi connectivity index (χ4v) is 2.55. The number of ether oxygens (including phenoxy) is 1. The van der Waals surface area contributed by atoms with Crippen molar-refractivity contribution in [3.8, 4) is 5.75 Å². The number of likely N-dealkylation sites (tertiary alicyclic amines) is 1. The molecule has 2 rings (SSSR count). The van der Waals surface area contributed by atoms with Gasteiger partial charge in [0.2, 0.25) is 0 Å². The zero-order valence-electron chi connectivity index (χ0n) is 11.7. The predicted molar refractivity (Wildman–Crippen MR) is 72.7 cm³/mol. The van der Waals surface area contributed by atoms with E-state index in [9.17, 15) is 9.50 Å². The van der Waals surface area contributed by atoms with Crippen molar-refractivity contribution in [2.24, 2.45) is 0 Å². The summed E-state index contributed by atoms with van der Waals surface area (Å²) in [6.45, 7) is 4.14. The van der Waals surface area contributed by atoms with Gasteiger partial charge in [0, 0.05) is 18.7 Å². The highest BCUT2D eigenvalue weighted by molar-refractivity contribution is 5.31. The summed E-state index contributed by atoms with van der Waals surface area (Å²) >= 11 is 0. The van der Waals surface area contributed by atoms with Gasteiger partial charge in [-0.1, -0.05) is 12.1 Å². The zero-order valence-corrected chi connectivity index (χ0v) is 11.7. The average Bonchev–Trinajstić information content (AvgIpc) is 2.54. The van der Waals surface area contributed by atoms with Gasteiger partial charge in [-0.2, -0.15) is 0 Å². The van der Waals surface area contributed by atoms with Crippen molar-refractivity contribution < 1.29 is 14.2 Å². The van der Waals surface area contributed by atoms with Gasteiger partial charge in [-0.3, -0.25) is 4.90 Å². The number of hydrogen-bond acceptors (Lipinski definition) is 3. The van der Waals surface area contributed by atoms with Crippen LogP contribution in [0.25, 0.3) is 0 Å². The number of nitrogens with zero attached hydrogens (tertiary/aromatic N) is 1. The molecular weight excluding hydrogens is 245 g/mol. The van der Waals surface area contributed by atoms with E-state index in [1.807, 2.05) is 13.0 Å². The van der Waals surface area contributed by atoms with Crippen LogP contribution in [0.5, 0.6) is 5.75 Å². The molecule has 19 heavy (non-hydrogen) atoms. The molecule has 0 amide bonds. The number of benzene rings is 1. The summed E-state index contributed by atoms with van der Waals surface area (Å²) in [4.78, 5) is 2.19. The minimum Gasteiger partial charge on any atom is -0.494 e. The van der Waals surface area contributed by atoms with Gasteiger partial charge in [-0.05, 0) is 38.8 Å². The monoisotopic (exact) mass is 267 g/mol. The van der Waals surface area contributed by atoms with Crippen LogP contribution in [0.3, 0.4) is 0 Å². The Morgan fingerprint density at radius 3 is 2.89 bits per heavy atom. The molecule has 106 valence electrons. The van der Waals surface area contributed by atoms with Gasteiger partial charge in [0.05, 0.1) is 12.7 Å². The summed E-state index contributed by atoms with van der Waals surface area (Å²) in [5.41, 5.74) is 0.0719. The molecule has 1 aliphatic heterocycles. The standard InChI is InChI=1S/C15H22FNO2/c1-15(18)7-4-9-17(10-8-15)11-12-5-3-6-13(19-2)14(12)16/h3,5-6,18H,4,7-11H2,1-2H3. The first-order valence-corrected chi connectivity index (χ1v) is 6.78. The van der Waals surface area contributed by atoms with E-state index in [1.165, 1.54) is 7.11 Å². The molecule has 3 nitrogen and oxygen atoms in total. The van der Waals surface area contributed by atoms with Gasteiger partial charge >= 0.3 is 0 Å². The van der Waals surface area contributed by atoms with Gasteiger partial charge in [-0.15, -0.1) is 0 Å². The van der Waals surface area contributed by atoms with E-state index >= 15 is 0 Å². The van der Waals surface area contributed by atoms with Gasteiger partial charge in [0.15, 0.2) is 11.6 Å². The molecule has 1 aliphatic rings. The lowest BCUT2D eigenvalue weighted by Crippen LogP contribution is -2.28. The third-order valence-corrected chi connectivity index (χ3v) is 3.81. The first-order valence-electron chi connectivity index (χ1n) is 6.78. The Balaban J connectivity index is 2.05. The number of rotatable bonds is 3. The molecule has 0 aliphatic carbocycles. The molecule has 1 atom stereocenters. The zero-order chi connectivity index (χ0) is 13.9. The third kappa shape index (κ3) is 3.67. The Morgan fingerprint density at radius 1 is 1.37 bits per heavy atom. The van der Waals surface area contributed by atoms with Gasteiger partial charge < -0.3 is 9.84 Å². The second-order valence-electron chi connectivity index (χ2n) is 5.56. The van der Waals surface area contributed by atoms with Crippen LogP contribution in [0.4, 0.5) is 4.39 Å². The maximum absolute atomic E-state index is 14.1. The summed E-state index contributed by atoms with van der Waals surface area (Å²) < 4.78 is 19.1. The number of aliphatic hydroxyl groups is 1. The number of hydrogen-bond donors (Lipinski definition) is 1. The Labute approximate surface area is 114 Å². The number of methoxy groups -OCH3 is 1. The fraction of sp³-hybridized carbons (Fsp3) is 0.600. The van der Waals surface area contributed by atoms with Crippen molar-refractivity contribution in [3.05, 3.63) is 29.6 Å². The van der Waals surface area contributed by atoms with Crippen LogP contribution < -0.4 is 4.74 Å². The first kappa shape index (κ1) is 14.3. The van der Waals surface area contributed by atoms with Gasteiger partial charge in [-0.25, -0.2) is 4.39 Å². The van der Waals surface area contributed by atoms with Gasteiger partial charge in [0.1, 0.15) is 0 Å². The van der Waals surface area contributed by atoms with Crippen molar-refractivity contribution in [1.82, 2.24) is 4.90 Å². The Kier molecular flexibility index (Phi) is 4.42. The molecule has 1 N–H and O–H groups in total. The maximum atomic E-state index is 14.1. The summed E-state index contributed by atoms with van der Waals surface area (Å²) in [7, 11) is 1.48. The van der Waals surface area contributed by atoms with Crippen LogP contribution in [0.15, 0.2) is 18.2 Å². The topological polar surface area (TPSA) is 32.7 Å². The Bertz CT molecular complexity index is 434. The van der Waals surface area contributed by atoms with E-state index in [0.29, 0.717) is 17.9 Å². The van der Waals surface area contributed by atoms with E-state index < -0.39 is 5.60 Å². The molecule has 0 spiro atoms. The largest absolute Gasteiger partial charge is 0.494 e.